The van der Waals surface area contributed by atoms with Crippen molar-refractivity contribution in [2.75, 3.05) is 24.0 Å². The first kappa shape index (κ1) is 34.8. The van der Waals surface area contributed by atoms with Crippen molar-refractivity contribution in [1.82, 2.24) is 10.2 Å². The van der Waals surface area contributed by atoms with Gasteiger partial charge in [0.1, 0.15) is 18.3 Å². The largest absolute Gasteiger partial charge is 0.492 e. The monoisotopic (exact) mass is 681 g/mol. The van der Waals surface area contributed by atoms with Crippen LogP contribution in [0.3, 0.4) is 0 Å². The molecule has 0 bridgehead atoms. The molecule has 1 atom stereocenters. The number of rotatable bonds is 14. The molecule has 0 fully saturated rings. The number of nitrogens with one attached hydrogen (secondary N) is 1. The van der Waals surface area contributed by atoms with Crippen molar-refractivity contribution < 1.29 is 22.7 Å². The number of likely N-dealkylation sites (N-methyl/N-ethyl adjacent to an activating group) is 1. The average molecular weight is 683 g/mol. The third kappa shape index (κ3) is 8.40. The molecule has 2 amide bonds. The summed E-state index contributed by atoms with van der Waals surface area (Å²) in [7, 11) is -4.29. The Morgan fingerprint density at radius 1 is 0.848 bits per heavy atom. The van der Waals surface area contributed by atoms with Crippen molar-refractivity contribution in [3.05, 3.63) is 124 Å². The minimum atomic E-state index is -4.29. The summed E-state index contributed by atoms with van der Waals surface area (Å²) in [6.45, 7) is 5.26. The van der Waals surface area contributed by atoms with Crippen LogP contribution in [0.15, 0.2) is 102 Å². The summed E-state index contributed by atoms with van der Waals surface area (Å²) in [4.78, 5) is 29.6. The van der Waals surface area contributed by atoms with Crippen molar-refractivity contribution in [2.24, 2.45) is 0 Å². The number of ether oxygens (including phenoxy) is 1. The number of hydrogen-bond acceptors (Lipinski definition) is 5. The number of carbonyl (C=O) groups is 2. The van der Waals surface area contributed by atoms with Crippen LogP contribution >= 0.6 is 23.2 Å². The predicted octanol–water partition coefficient (Wildman–Crippen LogP) is 6.67. The van der Waals surface area contributed by atoms with E-state index in [1.165, 1.54) is 17.0 Å². The molecule has 11 heteroatoms. The van der Waals surface area contributed by atoms with Crippen molar-refractivity contribution in [3.63, 3.8) is 0 Å². The van der Waals surface area contributed by atoms with Gasteiger partial charge in [-0.3, -0.25) is 13.9 Å². The van der Waals surface area contributed by atoms with Gasteiger partial charge in [0.05, 0.1) is 17.2 Å². The Morgan fingerprint density at radius 2 is 1.48 bits per heavy atom. The number of halogens is 2. The van der Waals surface area contributed by atoms with Crippen LogP contribution in [0, 0.1) is 6.92 Å². The summed E-state index contributed by atoms with van der Waals surface area (Å²) >= 11 is 13.1. The van der Waals surface area contributed by atoms with Gasteiger partial charge in [-0.25, -0.2) is 8.42 Å². The molecular weight excluding hydrogens is 645 g/mol. The average Bonchev–Trinajstić information content (AvgIpc) is 3.04. The molecule has 1 N–H and O–H groups in total. The first-order valence-corrected chi connectivity index (χ1v) is 17.1. The number of aryl methyl sites for hydroxylation is 1. The Bertz CT molecular complexity index is 1730. The lowest BCUT2D eigenvalue weighted by Crippen LogP contribution is -2.53. The van der Waals surface area contributed by atoms with Crippen molar-refractivity contribution in [3.8, 4) is 5.75 Å². The molecule has 0 aliphatic rings. The van der Waals surface area contributed by atoms with Gasteiger partial charge in [0.2, 0.25) is 11.8 Å². The zero-order valence-corrected chi connectivity index (χ0v) is 28.3. The SMILES string of the molecule is CCNC(=O)[C@@H](Cc1ccccc1)N(Cc1c(Cl)cccc1Cl)C(=O)CN(c1ccccc1OCC)S(=O)(=O)c1ccc(C)cc1. The summed E-state index contributed by atoms with van der Waals surface area (Å²) in [6, 6.07) is 26.3. The van der Waals surface area contributed by atoms with Crippen LogP contribution in [0.5, 0.6) is 5.75 Å². The lowest BCUT2D eigenvalue weighted by Gasteiger charge is -2.34. The molecule has 0 unspecified atom stereocenters. The van der Waals surface area contributed by atoms with Crippen molar-refractivity contribution in [2.45, 2.75) is 44.7 Å². The zero-order valence-electron chi connectivity index (χ0n) is 26.0. The van der Waals surface area contributed by atoms with E-state index >= 15 is 0 Å². The maximum absolute atomic E-state index is 14.6. The van der Waals surface area contributed by atoms with E-state index in [2.05, 4.69) is 5.32 Å². The Morgan fingerprint density at radius 3 is 2.11 bits per heavy atom. The highest BCUT2D eigenvalue weighted by Gasteiger charge is 2.36. The number of nitrogens with zero attached hydrogens (tertiary/aromatic N) is 2. The summed E-state index contributed by atoms with van der Waals surface area (Å²) in [5, 5.41) is 3.46. The molecule has 46 heavy (non-hydrogen) atoms. The fourth-order valence-electron chi connectivity index (χ4n) is 4.99. The number of hydrogen-bond donors (Lipinski definition) is 1. The summed E-state index contributed by atoms with van der Waals surface area (Å²) in [5.41, 5.74) is 2.31. The van der Waals surface area contributed by atoms with Gasteiger partial charge in [-0.15, -0.1) is 0 Å². The van der Waals surface area contributed by atoms with E-state index in [4.69, 9.17) is 27.9 Å². The molecular formula is C35H37Cl2N3O5S. The predicted molar refractivity (Wildman–Crippen MR) is 183 cm³/mol. The van der Waals surface area contributed by atoms with Crippen LogP contribution in [-0.4, -0.2) is 50.9 Å². The van der Waals surface area contributed by atoms with Gasteiger partial charge in [-0.1, -0.05) is 89.4 Å². The number of anilines is 1. The van der Waals surface area contributed by atoms with Crippen LogP contribution in [0.4, 0.5) is 5.69 Å². The second kappa shape index (κ2) is 16.0. The smallest absolute Gasteiger partial charge is 0.264 e. The fraction of sp³-hybridized carbons (Fsp3) is 0.257. The minimum absolute atomic E-state index is 0.00228. The molecule has 4 rings (SSSR count). The molecule has 0 saturated carbocycles. The highest BCUT2D eigenvalue weighted by Crippen LogP contribution is 2.34. The third-order valence-electron chi connectivity index (χ3n) is 7.33. The highest BCUT2D eigenvalue weighted by atomic mass is 35.5. The normalized spacial score (nSPS) is 11.8. The van der Waals surface area contributed by atoms with E-state index in [0.717, 1.165) is 15.4 Å². The lowest BCUT2D eigenvalue weighted by atomic mass is 10.0. The molecule has 8 nitrogen and oxygen atoms in total. The molecule has 0 saturated heterocycles. The van der Waals surface area contributed by atoms with Crippen molar-refractivity contribution in [1.29, 1.82) is 0 Å². The lowest BCUT2D eigenvalue weighted by molar-refractivity contribution is -0.140. The molecule has 0 radical (unpaired) electrons. The first-order valence-electron chi connectivity index (χ1n) is 14.9. The topological polar surface area (TPSA) is 96.0 Å². The molecule has 0 aromatic heterocycles. The standard InChI is InChI=1S/C35H37Cl2N3O5S/c1-4-38-35(42)32(22-26-12-7-6-8-13-26)39(23-28-29(36)14-11-15-30(28)37)34(41)24-40(31-16-9-10-17-33(31)45-5-2)46(43,44)27-20-18-25(3)19-21-27/h6-21,32H,4-5,22-24H2,1-3H3,(H,38,42)/t32-/m1/s1. The van der Waals surface area contributed by atoms with E-state index in [9.17, 15) is 18.0 Å². The molecule has 0 aliphatic heterocycles. The Labute approximate surface area is 280 Å². The van der Waals surface area contributed by atoms with E-state index in [1.54, 1.807) is 68.4 Å². The van der Waals surface area contributed by atoms with Gasteiger partial charge in [0.25, 0.3) is 10.0 Å². The second-order valence-electron chi connectivity index (χ2n) is 10.5. The van der Waals surface area contributed by atoms with E-state index in [0.29, 0.717) is 27.9 Å². The van der Waals surface area contributed by atoms with E-state index < -0.39 is 34.4 Å². The number of amides is 2. The number of sulfonamides is 1. The highest BCUT2D eigenvalue weighted by molar-refractivity contribution is 7.92. The van der Waals surface area contributed by atoms with Gasteiger partial charge < -0.3 is 15.0 Å². The van der Waals surface area contributed by atoms with Crippen LogP contribution in [0.1, 0.15) is 30.5 Å². The van der Waals surface area contributed by atoms with Crippen LogP contribution in [0.25, 0.3) is 0 Å². The Hall–Kier alpha value is -4.05. The summed E-state index contributed by atoms with van der Waals surface area (Å²) in [5.74, 6) is -0.741. The minimum Gasteiger partial charge on any atom is -0.492 e. The Kier molecular flexibility index (Phi) is 12.1. The molecule has 0 spiro atoms. The number of para-hydroxylation sites is 2. The summed E-state index contributed by atoms with van der Waals surface area (Å²) < 4.78 is 35.4. The Balaban J connectivity index is 1.86. The molecule has 4 aromatic carbocycles. The van der Waals surface area contributed by atoms with Gasteiger partial charge in [0.15, 0.2) is 0 Å². The van der Waals surface area contributed by atoms with Crippen LogP contribution in [0.2, 0.25) is 10.0 Å². The van der Waals surface area contributed by atoms with Crippen LogP contribution < -0.4 is 14.4 Å². The van der Waals surface area contributed by atoms with Gasteiger partial charge in [0, 0.05) is 35.1 Å². The molecule has 0 heterocycles. The van der Waals surface area contributed by atoms with E-state index in [1.807, 2.05) is 37.3 Å². The third-order valence-corrected chi connectivity index (χ3v) is 9.82. The van der Waals surface area contributed by atoms with Crippen LogP contribution in [-0.2, 0) is 32.6 Å². The number of carbonyl (C=O) groups excluding carboxylic acids is 2. The fourth-order valence-corrected chi connectivity index (χ4v) is 6.93. The first-order chi connectivity index (χ1) is 22.1. The zero-order chi connectivity index (χ0) is 33.3. The van der Waals surface area contributed by atoms with Gasteiger partial charge in [-0.05, 0) is 62.7 Å². The van der Waals surface area contributed by atoms with Gasteiger partial charge in [-0.2, -0.15) is 0 Å². The quantitative estimate of drug-likeness (QED) is 0.160. The summed E-state index contributed by atoms with van der Waals surface area (Å²) in [6.07, 6.45) is 0.167. The number of benzene rings is 4. The molecule has 4 aromatic rings. The molecule has 0 aliphatic carbocycles. The maximum atomic E-state index is 14.6. The molecule has 242 valence electrons. The van der Waals surface area contributed by atoms with Gasteiger partial charge >= 0.3 is 0 Å². The maximum Gasteiger partial charge on any atom is 0.264 e. The van der Waals surface area contributed by atoms with E-state index in [-0.39, 0.29) is 30.2 Å². The second-order valence-corrected chi connectivity index (χ2v) is 13.2. The van der Waals surface area contributed by atoms with Crippen molar-refractivity contribution >= 4 is 50.7 Å².